The second kappa shape index (κ2) is 10.5. The third-order valence-electron chi connectivity index (χ3n) is 7.28. The van der Waals surface area contributed by atoms with Crippen LogP contribution in [-0.4, -0.2) is 64.5 Å². The highest BCUT2D eigenvalue weighted by atomic mass is 32.1. The quantitative estimate of drug-likeness (QED) is 0.353. The number of aliphatic carboxylic acids is 1. The molecule has 202 valence electrons. The van der Waals surface area contributed by atoms with Crippen molar-refractivity contribution in [1.29, 1.82) is 0 Å². The molecule has 3 aromatic rings. The van der Waals surface area contributed by atoms with Gasteiger partial charge in [-0.2, -0.15) is 0 Å². The maximum Gasteiger partial charge on any atom is 0.318 e. The van der Waals surface area contributed by atoms with Gasteiger partial charge < -0.3 is 15.7 Å². The normalized spacial score (nSPS) is 24.5. The molecule has 0 bridgehead atoms. The molecule has 0 saturated carbocycles. The Labute approximate surface area is 229 Å². The largest absolute Gasteiger partial charge is 0.481 e. The number of benzene rings is 1. The first-order valence-electron chi connectivity index (χ1n) is 12.6. The molecule has 4 N–H and O–H groups in total. The van der Waals surface area contributed by atoms with E-state index in [9.17, 15) is 19.5 Å². The lowest BCUT2D eigenvalue weighted by atomic mass is 9.69. The first kappa shape index (κ1) is 26.4. The van der Waals surface area contributed by atoms with Crippen molar-refractivity contribution in [2.75, 3.05) is 24.5 Å². The minimum atomic E-state index is -1.94. The molecule has 3 atom stereocenters. The zero-order valence-electron chi connectivity index (χ0n) is 21.5. The number of pyridine rings is 1. The van der Waals surface area contributed by atoms with Crippen LogP contribution in [0, 0.1) is 11.3 Å². The van der Waals surface area contributed by atoms with Crippen LogP contribution < -0.4 is 20.9 Å². The van der Waals surface area contributed by atoms with Gasteiger partial charge in [0.1, 0.15) is 0 Å². The predicted octanol–water partition coefficient (Wildman–Crippen LogP) is 3.01. The average molecular weight is 548 g/mol. The SMILES string of the molecule is CCNC(=O)NC1(C(=O)C2CNCCC2(C)C(=O)O)N=CC=CN1c1cc(-c2ccccn2)c2scnc2c1. The van der Waals surface area contributed by atoms with Crippen LogP contribution in [0.3, 0.4) is 0 Å². The van der Waals surface area contributed by atoms with Crippen molar-refractivity contribution in [3.05, 3.63) is 54.3 Å². The fourth-order valence-corrected chi connectivity index (χ4v) is 5.89. The standard InChI is InChI=1S/C27H29N7O4S/c1-3-29-25(38)33-27(23(35)19-15-28-11-8-26(19,2)24(36)37)32-10-6-12-34(27)17-13-18(20-7-4-5-9-30-20)22-21(14-17)31-16-39-22/h4-7,9-10,12-14,16,19,28H,3,8,11,15H2,1-2H3,(H,36,37)(H2,29,33,38). The summed E-state index contributed by atoms with van der Waals surface area (Å²) in [5.74, 6) is -4.53. The van der Waals surface area contributed by atoms with E-state index in [0.29, 0.717) is 24.3 Å². The first-order chi connectivity index (χ1) is 18.8. The number of amides is 2. The molecule has 5 rings (SSSR count). The fraction of sp³-hybridized carbons (Fsp3) is 0.333. The smallest absolute Gasteiger partial charge is 0.318 e. The summed E-state index contributed by atoms with van der Waals surface area (Å²) in [5.41, 5.74) is 3.15. The van der Waals surface area contributed by atoms with E-state index in [-0.39, 0.29) is 13.0 Å². The zero-order chi connectivity index (χ0) is 27.6. The number of nitrogens with one attached hydrogen (secondary N) is 3. The third-order valence-corrected chi connectivity index (χ3v) is 8.15. The first-order valence-corrected chi connectivity index (χ1v) is 13.5. The number of fused-ring (bicyclic) bond motifs is 1. The Hall–Kier alpha value is -4.16. The van der Waals surface area contributed by atoms with Crippen molar-refractivity contribution >= 4 is 51.2 Å². The van der Waals surface area contributed by atoms with Gasteiger partial charge in [-0.25, -0.2) is 14.8 Å². The second-order valence-electron chi connectivity index (χ2n) is 9.65. The molecular weight excluding hydrogens is 518 g/mol. The number of carbonyl (C=O) groups is 3. The number of piperidine rings is 1. The van der Waals surface area contributed by atoms with E-state index in [0.717, 1.165) is 16.0 Å². The molecule has 2 aromatic heterocycles. The van der Waals surface area contributed by atoms with E-state index < -0.39 is 34.9 Å². The number of hydrogen-bond acceptors (Lipinski definition) is 9. The zero-order valence-corrected chi connectivity index (χ0v) is 22.4. The van der Waals surface area contributed by atoms with E-state index in [1.165, 1.54) is 17.6 Å². The molecule has 0 aliphatic carbocycles. The molecule has 1 saturated heterocycles. The van der Waals surface area contributed by atoms with E-state index in [1.54, 1.807) is 42.7 Å². The van der Waals surface area contributed by atoms with Crippen molar-refractivity contribution in [2.45, 2.75) is 26.1 Å². The van der Waals surface area contributed by atoms with Gasteiger partial charge in [-0.1, -0.05) is 6.07 Å². The van der Waals surface area contributed by atoms with Crippen LogP contribution in [0.2, 0.25) is 0 Å². The van der Waals surface area contributed by atoms with Crippen molar-refractivity contribution in [2.24, 2.45) is 16.3 Å². The highest BCUT2D eigenvalue weighted by Gasteiger charge is 2.56. The number of urea groups is 1. The number of carboxylic acids is 1. The fourth-order valence-electron chi connectivity index (χ4n) is 5.10. The maximum absolute atomic E-state index is 14.5. The lowest BCUT2D eigenvalue weighted by Gasteiger charge is -2.46. The summed E-state index contributed by atoms with van der Waals surface area (Å²) in [5, 5.41) is 18.7. The molecule has 2 aliphatic rings. The number of carboxylic acid groups (broad SMARTS) is 1. The van der Waals surface area contributed by atoms with Gasteiger partial charge in [-0.15, -0.1) is 11.3 Å². The van der Waals surface area contributed by atoms with Gasteiger partial charge in [0.2, 0.25) is 5.78 Å². The summed E-state index contributed by atoms with van der Waals surface area (Å²) < 4.78 is 0.922. The number of aliphatic imine (C=N–C) groups is 1. The van der Waals surface area contributed by atoms with Gasteiger partial charge in [-0.3, -0.25) is 24.8 Å². The molecule has 2 amide bonds. The van der Waals surface area contributed by atoms with Crippen LogP contribution >= 0.6 is 11.3 Å². The number of ketones is 1. The molecule has 3 unspecified atom stereocenters. The van der Waals surface area contributed by atoms with Gasteiger partial charge in [0.15, 0.2) is 0 Å². The Morgan fingerprint density at radius 3 is 2.85 bits per heavy atom. The summed E-state index contributed by atoms with van der Waals surface area (Å²) in [6.45, 7) is 4.26. The summed E-state index contributed by atoms with van der Waals surface area (Å²) in [6.07, 6.45) is 6.71. The highest BCUT2D eigenvalue weighted by Crippen LogP contribution is 2.41. The molecule has 4 heterocycles. The number of aromatic nitrogens is 2. The predicted molar refractivity (Wildman–Crippen MR) is 150 cm³/mol. The number of Topliss-reactive ketones (excluding diaryl/α,β-unsaturated/α-hetero) is 1. The monoisotopic (exact) mass is 547 g/mol. The van der Waals surface area contributed by atoms with Gasteiger partial charge in [0, 0.05) is 43.0 Å². The molecule has 1 aromatic carbocycles. The minimum Gasteiger partial charge on any atom is -0.481 e. The van der Waals surface area contributed by atoms with E-state index in [1.807, 2.05) is 30.3 Å². The second-order valence-corrected chi connectivity index (χ2v) is 10.5. The molecule has 0 spiro atoms. The van der Waals surface area contributed by atoms with Crippen LogP contribution in [0.5, 0.6) is 0 Å². The number of carbonyl (C=O) groups excluding carboxylic acids is 2. The van der Waals surface area contributed by atoms with Crippen molar-refractivity contribution in [1.82, 2.24) is 25.9 Å². The van der Waals surface area contributed by atoms with E-state index in [2.05, 4.69) is 30.9 Å². The number of allylic oxidation sites excluding steroid dienone is 1. The van der Waals surface area contributed by atoms with Gasteiger partial charge in [0.25, 0.3) is 5.79 Å². The Bertz CT molecular complexity index is 1470. The maximum atomic E-state index is 14.5. The topological polar surface area (TPSA) is 149 Å². The average Bonchev–Trinajstić information content (AvgIpc) is 3.42. The van der Waals surface area contributed by atoms with Crippen LogP contribution in [0.25, 0.3) is 21.5 Å². The molecule has 2 aliphatic heterocycles. The Morgan fingerprint density at radius 2 is 2.10 bits per heavy atom. The van der Waals surface area contributed by atoms with Crippen molar-refractivity contribution in [3.8, 4) is 11.3 Å². The number of thiazole rings is 1. The minimum absolute atomic E-state index is 0.137. The van der Waals surface area contributed by atoms with Crippen LogP contribution in [0.15, 0.2) is 59.3 Å². The van der Waals surface area contributed by atoms with Crippen LogP contribution in [-0.2, 0) is 9.59 Å². The van der Waals surface area contributed by atoms with Gasteiger partial charge in [-0.05, 0) is 57.2 Å². The summed E-state index contributed by atoms with van der Waals surface area (Å²) >= 11 is 1.48. The molecule has 12 heteroatoms. The molecule has 0 radical (unpaired) electrons. The van der Waals surface area contributed by atoms with Crippen LogP contribution in [0.4, 0.5) is 10.5 Å². The Morgan fingerprint density at radius 1 is 1.26 bits per heavy atom. The van der Waals surface area contributed by atoms with Gasteiger partial charge >= 0.3 is 12.0 Å². The number of anilines is 1. The summed E-state index contributed by atoms with van der Waals surface area (Å²) in [4.78, 5) is 55.1. The van der Waals surface area contributed by atoms with Gasteiger partial charge in [0.05, 0.1) is 32.8 Å². The number of nitrogens with zero attached hydrogens (tertiary/aromatic N) is 4. The van der Waals surface area contributed by atoms with E-state index in [4.69, 9.17) is 0 Å². The molecule has 39 heavy (non-hydrogen) atoms. The molecule has 1 fully saturated rings. The van der Waals surface area contributed by atoms with Crippen molar-refractivity contribution in [3.63, 3.8) is 0 Å². The van der Waals surface area contributed by atoms with E-state index >= 15 is 0 Å². The molecular formula is C27H29N7O4S. The number of hydrogen-bond donors (Lipinski definition) is 4. The lowest BCUT2D eigenvalue weighted by Crippen LogP contribution is -2.69. The molecule has 11 nitrogen and oxygen atoms in total. The summed E-state index contributed by atoms with van der Waals surface area (Å²) in [7, 11) is 0. The Balaban J connectivity index is 1.68. The van der Waals surface area contributed by atoms with Crippen LogP contribution in [0.1, 0.15) is 20.3 Å². The third kappa shape index (κ3) is 4.66. The summed E-state index contributed by atoms with van der Waals surface area (Å²) in [6, 6.07) is 8.70. The van der Waals surface area contributed by atoms with Crippen molar-refractivity contribution < 1.29 is 19.5 Å². The lowest BCUT2D eigenvalue weighted by molar-refractivity contribution is -0.158. The number of rotatable bonds is 7. The highest BCUT2D eigenvalue weighted by molar-refractivity contribution is 7.17. The Kier molecular flexibility index (Phi) is 7.15.